The van der Waals surface area contributed by atoms with Crippen LogP contribution in [0.25, 0.3) is 22.0 Å². The van der Waals surface area contributed by atoms with E-state index in [1.54, 1.807) is 0 Å². The summed E-state index contributed by atoms with van der Waals surface area (Å²) < 4.78 is 28.2. The summed E-state index contributed by atoms with van der Waals surface area (Å²) in [6.07, 6.45) is 0.918. The third-order valence-electron chi connectivity index (χ3n) is 3.54. The quantitative estimate of drug-likeness (QED) is 0.488. The molecular weight excluding hydrogens is 330 g/mol. The molecule has 5 N–H and O–H groups in total. The number of nitrogens with two attached hydrogens (primary N) is 2. The fraction of sp³-hybridized carbons (Fsp3) is 0. The van der Waals surface area contributed by atoms with Crippen LogP contribution in [0, 0.1) is 11.6 Å². The number of rotatable bonds is 2. The van der Waals surface area contributed by atoms with Gasteiger partial charge >= 0.3 is 0 Å². The van der Waals surface area contributed by atoms with Crippen LogP contribution in [0.5, 0.6) is 5.75 Å². The van der Waals surface area contributed by atoms with Crippen molar-refractivity contribution in [3.63, 3.8) is 0 Å². The van der Waals surface area contributed by atoms with Gasteiger partial charge in [-0.25, -0.2) is 8.78 Å². The Bertz CT molecular complexity index is 1010. The summed E-state index contributed by atoms with van der Waals surface area (Å²) in [5.74, 6) is -2.91. The van der Waals surface area contributed by atoms with Crippen molar-refractivity contribution in [1.29, 1.82) is 0 Å². The van der Waals surface area contributed by atoms with Crippen LogP contribution in [0.4, 0.5) is 8.78 Å². The molecule has 126 valence electrons. The molecule has 0 saturated carbocycles. The fourth-order valence-electron chi connectivity index (χ4n) is 2.47. The Morgan fingerprint density at radius 2 is 1.84 bits per heavy atom. The van der Waals surface area contributed by atoms with E-state index >= 15 is 0 Å². The monoisotopic (exact) mass is 342 g/mol. The number of aromatic hydroxyl groups is 1. The van der Waals surface area contributed by atoms with Crippen LogP contribution in [-0.4, -0.2) is 22.0 Å². The van der Waals surface area contributed by atoms with Gasteiger partial charge in [0.15, 0.2) is 5.96 Å². The van der Waals surface area contributed by atoms with E-state index in [-0.39, 0.29) is 33.3 Å². The van der Waals surface area contributed by atoms with Gasteiger partial charge in [0, 0.05) is 16.3 Å². The molecule has 0 fully saturated rings. The van der Waals surface area contributed by atoms with Crippen molar-refractivity contribution in [2.45, 2.75) is 0 Å². The van der Waals surface area contributed by atoms with Crippen LogP contribution in [0.1, 0.15) is 10.4 Å². The summed E-state index contributed by atoms with van der Waals surface area (Å²) in [6, 6.07) is 7.72. The van der Waals surface area contributed by atoms with Crippen LogP contribution in [0.2, 0.25) is 0 Å². The number of aliphatic imine (C=N–C) groups is 1. The number of phenolic OH excluding ortho intramolecular Hbond substituents is 1. The van der Waals surface area contributed by atoms with Gasteiger partial charge in [0.05, 0.1) is 17.5 Å². The van der Waals surface area contributed by atoms with Gasteiger partial charge in [-0.05, 0) is 24.3 Å². The highest BCUT2D eigenvalue weighted by atomic mass is 19.1. The molecule has 1 aromatic heterocycles. The molecule has 3 rings (SSSR count). The van der Waals surface area contributed by atoms with Crippen molar-refractivity contribution in [3.05, 3.63) is 59.8 Å². The van der Waals surface area contributed by atoms with Gasteiger partial charge in [-0.3, -0.25) is 9.78 Å². The highest BCUT2D eigenvalue weighted by Gasteiger charge is 2.18. The number of phenols is 1. The van der Waals surface area contributed by atoms with E-state index in [2.05, 4.69) is 9.98 Å². The second-order valence-electron chi connectivity index (χ2n) is 5.19. The van der Waals surface area contributed by atoms with E-state index in [4.69, 9.17) is 11.5 Å². The van der Waals surface area contributed by atoms with Crippen molar-refractivity contribution in [1.82, 2.24) is 4.98 Å². The number of halogens is 2. The van der Waals surface area contributed by atoms with Crippen LogP contribution in [-0.2, 0) is 0 Å². The molecule has 0 aliphatic rings. The smallest absolute Gasteiger partial charge is 0.280 e. The van der Waals surface area contributed by atoms with Crippen LogP contribution < -0.4 is 11.5 Å². The van der Waals surface area contributed by atoms with E-state index in [0.717, 1.165) is 12.3 Å². The van der Waals surface area contributed by atoms with Crippen molar-refractivity contribution < 1.29 is 18.7 Å². The number of fused-ring (bicyclic) bond motifs is 1. The molecule has 0 atom stereocenters. The number of carbonyl (C=O) groups excluding carboxylic acids is 1. The molecule has 0 unspecified atom stereocenters. The number of pyridine rings is 1. The van der Waals surface area contributed by atoms with Crippen LogP contribution in [0.3, 0.4) is 0 Å². The number of guanidine groups is 1. The minimum absolute atomic E-state index is 0.00801. The predicted octanol–water partition coefficient (Wildman–Crippen LogP) is 2.30. The number of amides is 1. The highest BCUT2D eigenvalue weighted by molar-refractivity contribution is 6.06. The Hall–Kier alpha value is -3.55. The van der Waals surface area contributed by atoms with E-state index < -0.39 is 23.5 Å². The first-order valence-corrected chi connectivity index (χ1v) is 7.08. The minimum atomic E-state index is -0.741. The van der Waals surface area contributed by atoms with Gasteiger partial charge in [0.1, 0.15) is 17.4 Å². The topological polar surface area (TPSA) is 115 Å². The van der Waals surface area contributed by atoms with Gasteiger partial charge in [-0.2, -0.15) is 4.99 Å². The van der Waals surface area contributed by atoms with E-state index in [9.17, 15) is 18.7 Å². The summed E-state index contributed by atoms with van der Waals surface area (Å²) in [4.78, 5) is 19.3. The lowest BCUT2D eigenvalue weighted by molar-refractivity contribution is 0.100. The maximum atomic E-state index is 14.2. The van der Waals surface area contributed by atoms with E-state index in [1.807, 2.05) is 0 Å². The maximum Gasteiger partial charge on any atom is 0.280 e. The van der Waals surface area contributed by atoms with Crippen molar-refractivity contribution in [2.75, 3.05) is 0 Å². The standard InChI is InChI=1S/C17H12F2N4O2/c18-11-2-1-3-13(24)14(11)15-10-6-8(16(25)23-17(20)21)4-5-9(10)12(19)7-22-15/h1-7,24H,(H4,20,21,23,25). The van der Waals surface area contributed by atoms with Gasteiger partial charge in [-0.1, -0.05) is 12.1 Å². The lowest BCUT2D eigenvalue weighted by Crippen LogP contribution is -2.24. The predicted molar refractivity (Wildman–Crippen MR) is 88.9 cm³/mol. The molecule has 25 heavy (non-hydrogen) atoms. The molecule has 8 heteroatoms. The Morgan fingerprint density at radius 3 is 2.52 bits per heavy atom. The second-order valence-corrected chi connectivity index (χ2v) is 5.19. The summed E-state index contributed by atoms with van der Waals surface area (Å²) in [7, 11) is 0. The Kier molecular flexibility index (Phi) is 4.02. The van der Waals surface area contributed by atoms with Gasteiger partial charge in [-0.15, -0.1) is 0 Å². The first-order chi connectivity index (χ1) is 11.9. The molecule has 2 aromatic carbocycles. The molecule has 0 saturated heterocycles. The number of hydrogen-bond donors (Lipinski definition) is 3. The SMILES string of the molecule is NC(N)=NC(=O)c1ccc2c(F)cnc(-c3c(O)cccc3F)c2c1. The lowest BCUT2D eigenvalue weighted by atomic mass is 10.00. The third-order valence-corrected chi connectivity index (χ3v) is 3.54. The zero-order valence-electron chi connectivity index (χ0n) is 12.7. The third kappa shape index (κ3) is 2.97. The first kappa shape index (κ1) is 16.3. The molecule has 0 aliphatic carbocycles. The lowest BCUT2D eigenvalue weighted by Gasteiger charge is -2.10. The summed E-state index contributed by atoms with van der Waals surface area (Å²) in [5, 5.41) is 10.2. The Labute approximate surface area is 140 Å². The van der Waals surface area contributed by atoms with E-state index in [1.165, 1.54) is 30.3 Å². The van der Waals surface area contributed by atoms with Crippen LogP contribution >= 0.6 is 0 Å². The largest absolute Gasteiger partial charge is 0.507 e. The second kappa shape index (κ2) is 6.16. The normalized spacial score (nSPS) is 10.6. The van der Waals surface area contributed by atoms with Crippen molar-refractivity contribution in [3.8, 4) is 17.0 Å². The first-order valence-electron chi connectivity index (χ1n) is 7.08. The summed E-state index contributed by atoms with van der Waals surface area (Å²) in [6.45, 7) is 0. The fourth-order valence-corrected chi connectivity index (χ4v) is 2.47. The molecule has 6 nitrogen and oxygen atoms in total. The summed E-state index contributed by atoms with van der Waals surface area (Å²) >= 11 is 0. The van der Waals surface area contributed by atoms with Crippen molar-refractivity contribution >= 4 is 22.6 Å². The molecule has 0 aliphatic heterocycles. The molecule has 1 heterocycles. The van der Waals surface area contributed by atoms with Gasteiger partial charge < -0.3 is 16.6 Å². The number of nitrogens with zero attached hydrogens (tertiary/aromatic N) is 2. The van der Waals surface area contributed by atoms with Crippen LogP contribution in [0.15, 0.2) is 47.6 Å². The highest BCUT2D eigenvalue weighted by Crippen LogP contribution is 2.36. The average molecular weight is 342 g/mol. The molecular formula is C17H12F2N4O2. The number of hydrogen-bond acceptors (Lipinski definition) is 3. The summed E-state index contributed by atoms with van der Waals surface area (Å²) in [5.41, 5.74) is 10.2. The van der Waals surface area contributed by atoms with Gasteiger partial charge in [0.25, 0.3) is 5.91 Å². The Balaban J connectivity index is 2.32. The molecule has 3 aromatic rings. The van der Waals surface area contributed by atoms with E-state index in [0.29, 0.717) is 0 Å². The number of aromatic nitrogens is 1. The minimum Gasteiger partial charge on any atom is -0.507 e. The molecule has 1 amide bonds. The van der Waals surface area contributed by atoms with Gasteiger partial charge in [0.2, 0.25) is 0 Å². The average Bonchev–Trinajstić information content (AvgIpc) is 2.55. The zero-order chi connectivity index (χ0) is 18.1. The zero-order valence-corrected chi connectivity index (χ0v) is 12.7. The number of carbonyl (C=O) groups is 1. The number of benzene rings is 2. The van der Waals surface area contributed by atoms with Crippen molar-refractivity contribution in [2.24, 2.45) is 16.5 Å². The molecule has 0 spiro atoms. The Morgan fingerprint density at radius 1 is 1.08 bits per heavy atom. The maximum absolute atomic E-state index is 14.2. The molecule has 0 radical (unpaired) electrons. The molecule has 0 bridgehead atoms.